The van der Waals surface area contributed by atoms with Crippen molar-refractivity contribution in [2.24, 2.45) is 0 Å². The standard InChI is InChI=1S/C19H25NO/c1-4-12-20-18(17-8-6-5-7-9-17)14-21-19-13-15(2)10-11-16(19)3/h5-11,13,18,20H,4,12,14H2,1-3H3. The Morgan fingerprint density at radius 2 is 1.81 bits per heavy atom. The molecule has 0 heterocycles. The highest BCUT2D eigenvalue weighted by atomic mass is 16.5. The number of nitrogens with one attached hydrogen (secondary N) is 1. The minimum atomic E-state index is 0.228. The summed E-state index contributed by atoms with van der Waals surface area (Å²) in [5.41, 5.74) is 3.69. The summed E-state index contributed by atoms with van der Waals surface area (Å²) in [6.45, 7) is 8.01. The largest absolute Gasteiger partial charge is 0.491 e. The van der Waals surface area contributed by atoms with Gasteiger partial charge in [-0.25, -0.2) is 0 Å². The van der Waals surface area contributed by atoms with Gasteiger partial charge in [-0.15, -0.1) is 0 Å². The molecule has 0 radical (unpaired) electrons. The van der Waals surface area contributed by atoms with Gasteiger partial charge in [0.25, 0.3) is 0 Å². The molecule has 2 aromatic carbocycles. The Bertz CT molecular complexity index is 551. The maximum atomic E-state index is 6.07. The maximum Gasteiger partial charge on any atom is 0.122 e. The first kappa shape index (κ1) is 15.6. The quantitative estimate of drug-likeness (QED) is 0.812. The molecule has 0 aliphatic carbocycles. The highest BCUT2D eigenvalue weighted by Gasteiger charge is 2.12. The predicted molar refractivity (Wildman–Crippen MR) is 88.9 cm³/mol. The Morgan fingerprint density at radius 3 is 2.52 bits per heavy atom. The van der Waals surface area contributed by atoms with Gasteiger partial charge in [0.1, 0.15) is 12.4 Å². The van der Waals surface area contributed by atoms with Gasteiger partial charge in [-0.1, -0.05) is 49.4 Å². The molecule has 112 valence electrons. The summed E-state index contributed by atoms with van der Waals surface area (Å²) in [6, 6.07) is 17.1. The van der Waals surface area contributed by atoms with E-state index in [2.05, 4.69) is 68.6 Å². The highest BCUT2D eigenvalue weighted by molar-refractivity contribution is 5.36. The molecular weight excluding hydrogens is 258 g/mol. The number of hydrogen-bond acceptors (Lipinski definition) is 2. The SMILES string of the molecule is CCCNC(COc1cc(C)ccc1C)c1ccccc1. The van der Waals surface area contributed by atoms with E-state index in [4.69, 9.17) is 4.74 Å². The fourth-order valence-corrected chi connectivity index (χ4v) is 2.31. The average molecular weight is 283 g/mol. The predicted octanol–water partition coefficient (Wildman–Crippen LogP) is 4.42. The van der Waals surface area contributed by atoms with Crippen LogP contribution in [0.5, 0.6) is 5.75 Å². The number of aryl methyl sites for hydroxylation is 2. The van der Waals surface area contributed by atoms with E-state index in [0.717, 1.165) is 18.7 Å². The van der Waals surface area contributed by atoms with Crippen molar-refractivity contribution in [3.8, 4) is 5.75 Å². The average Bonchev–Trinajstić information content (AvgIpc) is 2.51. The van der Waals surface area contributed by atoms with Crippen LogP contribution in [0.25, 0.3) is 0 Å². The number of ether oxygens (including phenoxy) is 1. The Hall–Kier alpha value is -1.80. The summed E-state index contributed by atoms with van der Waals surface area (Å²) in [4.78, 5) is 0. The summed E-state index contributed by atoms with van der Waals surface area (Å²) >= 11 is 0. The van der Waals surface area contributed by atoms with Crippen LogP contribution < -0.4 is 10.1 Å². The fourth-order valence-electron chi connectivity index (χ4n) is 2.31. The molecule has 0 spiro atoms. The summed E-state index contributed by atoms with van der Waals surface area (Å²) in [7, 11) is 0. The molecule has 0 bridgehead atoms. The minimum Gasteiger partial charge on any atom is -0.491 e. The first-order valence-corrected chi connectivity index (χ1v) is 7.69. The molecular formula is C19H25NO. The monoisotopic (exact) mass is 283 g/mol. The smallest absolute Gasteiger partial charge is 0.122 e. The minimum absolute atomic E-state index is 0.228. The number of hydrogen-bond donors (Lipinski definition) is 1. The third-order valence-electron chi connectivity index (χ3n) is 3.59. The van der Waals surface area contributed by atoms with Crippen molar-refractivity contribution in [2.75, 3.05) is 13.2 Å². The fraction of sp³-hybridized carbons (Fsp3) is 0.368. The van der Waals surface area contributed by atoms with Crippen LogP contribution in [0, 0.1) is 13.8 Å². The molecule has 0 saturated carbocycles. The lowest BCUT2D eigenvalue weighted by Crippen LogP contribution is -2.27. The second-order valence-corrected chi connectivity index (χ2v) is 5.50. The molecule has 1 unspecified atom stereocenters. The third kappa shape index (κ3) is 4.61. The molecule has 0 amide bonds. The lowest BCUT2D eigenvalue weighted by molar-refractivity contribution is 0.265. The van der Waals surface area contributed by atoms with Crippen LogP contribution in [0.4, 0.5) is 0 Å². The molecule has 21 heavy (non-hydrogen) atoms. The topological polar surface area (TPSA) is 21.3 Å². The van der Waals surface area contributed by atoms with Gasteiger partial charge in [0, 0.05) is 0 Å². The summed E-state index contributed by atoms with van der Waals surface area (Å²) < 4.78 is 6.07. The van der Waals surface area contributed by atoms with Crippen LogP contribution in [0.1, 0.15) is 36.1 Å². The van der Waals surface area contributed by atoms with Crippen molar-refractivity contribution < 1.29 is 4.74 Å². The maximum absolute atomic E-state index is 6.07. The van der Waals surface area contributed by atoms with Crippen molar-refractivity contribution in [1.29, 1.82) is 0 Å². The van der Waals surface area contributed by atoms with Crippen LogP contribution >= 0.6 is 0 Å². The van der Waals surface area contributed by atoms with Crippen LogP contribution in [0.15, 0.2) is 48.5 Å². The lowest BCUT2D eigenvalue weighted by Gasteiger charge is -2.20. The Morgan fingerprint density at radius 1 is 1.05 bits per heavy atom. The van der Waals surface area contributed by atoms with E-state index in [-0.39, 0.29) is 6.04 Å². The van der Waals surface area contributed by atoms with Gasteiger partial charge in [-0.05, 0) is 49.6 Å². The van der Waals surface area contributed by atoms with Gasteiger partial charge in [-0.2, -0.15) is 0 Å². The second kappa shape index (κ2) is 7.84. The summed E-state index contributed by atoms with van der Waals surface area (Å²) in [5, 5.41) is 3.57. The molecule has 2 rings (SSSR count). The van der Waals surface area contributed by atoms with E-state index in [9.17, 15) is 0 Å². The third-order valence-corrected chi connectivity index (χ3v) is 3.59. The molecule has 1 atom stereocenters. The van der Waals surface area contributed by atoms with Crippen molar-refractivity contribution in [1.82, 2.24) is 5.32 Å². The molecule has 0 fully saturated rings. The zero-order valence-electron chi connectivity index (χ0n) is 13.2. The van der Waals surface area contributed by atoms with Gasteiger partial charge < -0.3 is 10.1 Å². The Labute approximate surface area is 128 Å². The first-order chi connectivity index (χ1) is 10.2. The van der Waals surface area contributed by atoms with Gasteiger partial charge in [0.2, 0.25) is 0 Å². The van der Waals surface area contributed by atoms with Crippen LogP contribution in [0.3, 0.4) is 0 Å². The molecule has 2 heteroatoms. The van der Waals surface area contributed by atoms with Crippen molar-refractivity contribution >= 4 is 0 Å². The first-order valence-electron chi connectivity index (χ1n) is 7.69. The summed E-state index contributed by atoms with van der Waals surface area (Å²) in [5.74, 6) is 0.981. The molecule has 0 aliphatic heterocycles. The summed E-state index contributed by atoms with van der Waals surface area (Å²) in [6.07, 6.45) is 1.12. The van der Waals surface area contributed by atoms with Gasteiger partial charge >= 0.3 is 0 Å². The second-order valence-electron chi connectivity index (χ2n) is 5.50. The van der Waals surface area contributed by atoms with E-state index < -0.39 is 0 Å². The van der Waals surface area contributed by atoms with Crippen molar-refractivity contribution in [2.45, 2.75) is 33.2 Å². The van der Waals surface area contributed by atoms with Gasteiger partial charge in [0.05, 0.1) is 6.04 Å². The van der Waals surface area contributed by atoms with Crippen LogP contribution in [0.2, 0.25) is 0 Å². The van der Waals surface area contributed by atoms with Crippen molar-refractivity contribution in [3.63, 3.8) is 0 Å². The number of rotatable bonds is 7. The molecule has 1 N–H and O–H groups in total. The molecule has 0 saturated heterocycles. The normalized spacial score (nSPS) is 12.1. The molecule has 0 aliphatic rings. The van der Waals surface area contributed by atoms with E-state index in [1.54, 1.807) is 0 Å². The Kier molecular flexibility index (Phi) is 5.82. The molecule has 2 aromatic rings. The molecule has 0 aromatic heterocycles. The zero-order valence-corrected chi connectivity index (χ0v) is 13.2. The van der Waals surface area contributed by atoms with Crippen molar-refractivity contribution in [3.05, 3.63) is 65.2 Å². The lowest BCUT2D eigenvalue weighted by atomic mass is 10.1. The molecule has 2 nitrogen and oxygen atoms in total. The van der Waals surface area contributed by atoms with E-state index in [0.29, 0.717) is 6.61 Å². The zero-order chi connectivity index (χ0) is 15.1. The number of benzene rings is 2. The van der Waals surface area contributed by atoms with Crippen LogP contribution in [-0.4, -0.2) is 13.2 Å². The Balaban J connectivity index is 2.07. The van der Waals surface area contributed by atoms with E-state index in [1.165, 1.54) is 16.7 Å². The van der Waals surface area contributed by atoms with E-state index in [1.807, 2.05) is 6.07 Å². The van der Waals surface area contributed by atoms with E-state index >= 15 is 0 Å². The van der Waals surface area contributed by atoms with Crippen LogP contribution in [-0.2, 0) is 0 Å². The van der Waals surface area contributed by atoms with Gasteiger partial charge in [0.15, 0.2) is 0 Å². The van der Waals surface area contributed by atoms with Gasteiger partial charge in [-0.3, -0.25) is 0 Å². The highest BCUT2D eigenvalue weighted by Crippen LogP contribution is 2.21.